The Kier molecular flexibility index (Phi) is 8.52. The van der Waals surface area contributed by atoms with Gasteiger partial charge >= 0.3 is 0 Å². The highest BCUT2D eigenvalue weighted by atomic mass is 35.5. The first-order valence-electron chi connectivity index (χ1n) is 2.60. The third-order valence-electron chi connectivity index (χ3n) is 0.658. The van der Waals surface area contributed by atoms with E-state index in [-0.39, 0.29) is 23.6 Å². The van der Waals surface area contributed by atoms with Crippen LogP contribution in [0.25, 0.3) is 0 Å². The summed E-state index contributed by atoms with van der Waals surface area (Å²) in [7, 11) is 0. The molecule has 2 nitrogen and oxygen atoms in total. The minimum atomic E-state index is -0.306. The second-order valence-electron chi connectivity index (χ2n) is 1.54. The Hall–Kier alpha value is 0.270. The van der Waals surface area contributed by atoms with Crippen LogP contribution in [0.3, 0.4) is 0 Å². The van der Waals surface area contributed by atoms with E-state index in [1.54, 1.807) is 6.92 Å². The van der Waals surface area contributed by atoms with E-state index in [0.29, 0.717) is 0 Å². The Balaban J connectivity index is 0. The van der Waals surface area contributed by atoms with Crippen molar-refractivity contribution in [1.29, 1.82) is 0 Å². The fourth-order valence-electron chi connectivity index (χ4n) is 0.274. The van der Waals surface area contributed by atoms with Gasteiger partial charge < -0.3 is 5.73 Å². The van der Waals surface area contributed by atoms with Crippen LogP contribution in [-0.2, 0) is 4.79 Å². The Morgan fingerprint density at radius 3 is 2.33 bits per heavy atom. The third kappa shape index (κ3) is 6.15. The first-order chi connectivity index (χ1) is 3.68. The Morgan fingerprint density at radius 2 is 2.22 bits per heavy atom. The van der Waals surface area contributed by atoms with Crippen molar-refractivity contribution in [2.45, 2.75) is 19.9 Å². The molecule has 0 fully saturated rings. The van der Waals surface area contributed by atoms with Crippen LogP contribution in [0.5, 0.6) is 0 Å². The van der Waals surface area contributed by atoms with Crippen LogP contribution >= 0.6 is 24.2 Å². The van der Waals surface area contributed by atoms with Gasteiger partial charge in [-0.3, -0.25) is 4.79 Å². The molecule has 56 valence electrons. The van der Waals surface area contributed by atoms with Crippen molar-refractivity contribution in [3.05, 3.63) is 0 Å². The van der Waals surface area contributed by atoms with Gasteiger partial charge in [0.25, 0.3) is 0 Å². The van der Waals surface area contributed by atoms with Gasteiger partial charge in [-0.15, -0.1) is 12.4 Å². The monoisotopic (exact) mass is 169 g/mol. The third-order valence-corrected chi connectivity index (χ3v) is 1.60. The number of carbonyl (C=O) groups is 1. The summed E-state index contributed by atoms with van der Waals surface area (Å²) in [5, 5.41) is 0.0764. The molecule has 0 amide bonds. The van der Waals surface area contributed by atoms with Gasteiger partial charge in [0, 0.05) is 0 Å². The lowest BCUT2D eigenvalue weighted by Crippen LogP contribution is -2.23. The van der Waals surface area contributed by atoms with Crippen molar-refractivity contribution in [3.8, 4) is 0 Å². The molecule has 9 heavy (non-hydrogen) atoms. The molecular weight excluding hydrogens is 158 g/mol. The summed E-state index contributed by atoms with van der Waals surface area (Å²) < 4.78 is 0. The molecule has 1 unspecified atom stereocenters. The van der Waals surface area contributed by atoms with Gasteiger partial charge in [0.2, 0.25) is 5.12 Å². The first-order valence-corrected chi connectivity index (χ1v) is 3.59. The maximum absolute atomic E-state index is 10.6. The van der Waals surface area contributed by atoms with Crippen molar-refractivity contribution < 1.29 is 4.79 Å². The van der Waals surface area contributed by atoms with Crippen molar-refractivity contribution in [1.82, 2.24) is 0 Å². The van der Waals surface area contributed by atoms with Crippen molar-refractivity contribution in [3.63, 3.8) is 0 Å². The van der Waals surface area contributed by atoms with Gasteiger partial charge in [-0.05, 0) is 12.7 Å². The maximum atomic E-state index is 10.6. The SMILES string of the molecule is CCSC(=O)C(C)N.Cl. The lowest BCUT2D eigenvalue weighted by molar-refractivity contribution is -0.111. The van der Waals surface area contributed by atoms with Crippen LogP contribution in [0, 0.1) is 0 Å². The molecule has 0 aromatic heterocycles. The highest BCUT2D eigenvalue weighted by Crippen LogP contribution is 2.01. The smallest absolute Gasteiger partial charge is 0.205 e. The van der Waals surface area contributed by atoms with Crippen molar-refractivity contribution in [2.24, 2.45) is 5.73 Å². The summed E-state index contributed by atoms with van der Waals surface area (Å²) in [5.74, 6) is 0.820. The summed E-state index contributed by atoms with van der Waals surface area (Å²) in [4.78, 5) is 10.6. The second-order valence-corrected chi connectivity index (χ2v) is 2.81. The van der Waals surface area contributed by atoms with Crippen LogP contribution in [0.1, 0.15) is 13.8 Å². The van der Waals surface area contributed by atoms with E-state index in [1.165, 1.54) is 11.8 Å². The van der Waals surface area contributed by atoms with Crippen LogP contribution in [-0.4, -0.2) is 16.9 Å². The van der Waals surface area contributed by atoms with Gasteiger partial charge in [0.1, 0.15) is 0 Å². The number of halogens is 1. The Morgan fingerprint density at radius 1 is 1.78 bits per heavy atom. The average Bonchev–Trinajstić information content (AvgIpc) is 1.67. The molecule has 0 saturated carbocycles. The van der Waals surface area contributed by atoms with Gasteiger partial charge in [-0.25, -0.2) is 0 Å². The molecule has 0 saturated heterocycles. The summed E-state index contributed by atoms with van der Waals surface area (Å²) in [6, 6.07) is -0.306. The molecule has 0 aliphatic carbocycles. The molecule has 0 aliphatic heterocycles. The average molecular weight is 170 g/mol. The number of hydrogen-bond donors (Lipinski definition) is 1. The molecule has 0 aromatic rings. The number of rotatable bonds is 2. The summed E-state index contributed by atoms with van der Waals surface area (Å²) in [5.41, 5.74) is 5.25. The molecule has 4 heteroatoms. The topological polar surface area (TPSA) is 43.1 Å². The lowest BCUT2D eigenvalue weighted by atomic mass is 10.4. The zero-order valence-electron chi connectivity index (χ0n) is 5.59. The highest BCUT2D eigenvalue weighted by Gasteiger charge is 2.04. The molecule has 0 rings (SSSR count). The van der Waals surface area contributed by atoms with E-state index >= 15 is 0 Å². The Bertz CT molecular complexity index is 87.0. The molecule has 2 N–H and O–H groups in total. The minimum Gasteiger partial charge on any atom is -0.321 e. The summed E-state index contributed by atoms with van der Waals surface area (Å²) in [6.45, 7) is 3.63. The zero-order chi connectivity index (χ0) is 6.57. The quantitative estimate of drug-likeness (QED) is 0.672. The van der Waals surface area contributed by atoms with Crippen LogP contribution in [0.2, 0.25) is 0 Å². The van der Waals surface area contributed by atoms with E-state index < -0.39 is 0 Å². The molecule has 0 spiro atoms. The normalized spacial score (nSPS) is 11.9. The van der Waals surface area contributed by atoms with Gasteiger partial charge in [0.05, 0.1) is 6.04 Å². The number of nitrogens with two attached hydrogens (primary N) is 1. The van der Waals surface area contributed by atoms with Gasteiger partial charge in [0.15, 0.2) is 0 Å². The Labute approximate surface area is 66.0 Å². The fraction of sp³-hybridized carbons (Fsp3) is 0.800. The standard InChI is InChI=1S/C5H11NOS.ClH/c1-3-8-5(7)4(2)6;/h4H,3,6H2,1-2H3;1H. The van der Waals surface area contributed by atoms with E-state index in [0.717, 1.165) is 5.75 Å². The molecule has 1 atom stereocenters. The summed E-state index contributed by atoms with van der Waals surface area (Å²) in [6.07, 6.45) is 0. The number of carbonyl (C=O) groups excluding carboxylic acids is 1. The van der Waals surface area contributed by atoms with Gasteiger partial charge in [-0.2, -0.15) is 0 Å². The second kappa shape index (κ2) is 6.39. The molecule has 0 aliphatic rings. The van der Waals surface area contributed by atoms with Crippen LogP contribution in [0.15, 0.2) is 0 Å². The predicted molar refractivity (Wildman–Crippen MR) is 44.0 cm³/mol. The predicted octanol–water partition coefficient (Wildman–Crippen LogP) is 1.04. The van der Waals surface area contributed by atoms with Crippen molar-refractivity contribution >= 4 is 29.3 Å². The number of thioether (sulfide) groups is 1. The molecule has 0 aromatic carbocycles. The van der Waals surface area contributed by atoms with E-state index in [9.17, 15) is 4.79 Å². The zero-order valence-corrected chi connectivity index (χ0v) is 7.22. The van der Waals surface area contributed by atoms with Crippen LogP contribution in [0.4, 0.5) is 0 Å². The van der Waals surface area contributed by atoms with E-state index in [1.807, 2.05) is 6.92 Å². The van der Waals surface area contributed by atoms with Crippen molar-refractivity contribution in [2.75, 3.05) is 5.75 Å². The lowest BCUT2D eigenvalue weighted by Gasteiger charge is -1.98. The van der Waals surface area contributed by atoms with E-state index in [2.05, 4.69) is 0 Å². The molecular formula is C5H12ClNOS. The first kappa shape index (κ1) is 12.0. The number of hydrogen-bond acceptors (Lipinski definition) is 3. The summed E-state index contributed by atoms with van der Waals surface area (Å²) >= 11 is 1.28. The maximum Gasteiger partial charge on any atom is 0.205 e. The minimum absolute atomic E-state index is 0. The highest BCUT2D eigenvalue weighted by molar-refractivity contribution is 8.13. The largest absolute Gasteiger partial charge is 0.321 e. The molecule has 0 radical (unpaired) electrons. The fourth-order valence-corrected chi connectivity index (χ4v) is 0.821. The molecule has 0 heterocycles. The van der Waals surface area contributed by atoms with E-state index in [4.69, 9.17) is 5.73 Å². The molecule has 0 bridgehead atoms. The van der Waals surface area contributed by atoms with Gasteiger partial charge in [-0.1, -0.05) is 18.7 Å². The van der Waals surface area contributed by atoms with Crippen LogP contribution < -0.4 is 5.73 Å².